The van der Waals surface area contributed by atoms with Gasteiger partial charge < -0.3 is 55.2 Å². The molecule has 1 saturated heterocycles. The average Bonchev–Trinajstić information content (AvgIpc) is 3.84. The van der Waals surface area contributed by atoms with Crippen LogP contribution in [0.5, 0.6) is 0 Å². The van der Waals surface area contributed by atoms with E-state index in [-0.39, 0.29) is 113 Å². The minimum atomic E-state index is -2.01. The molecule has 3 aliphatic rings. The van der Waals surface area contributed by atoms with Gasteiger partial charge in [-0.15, -0.1) is 0 Å². The van der Waals surface area contributed by atoms with Gasteiger partial charge in [-0.3, -0.25) is 43.3 Å². The molecule has 2 aromatic carbocycles. The zero-order chi connectivity index (χ0) is 51.5. The van der Waals surface area contributed by atoms with Crippen LogP contribution < -0.4 is 32.1 Å². The van der Waals surface area contributed by atoms with Crippen molar-refractivity contribution in [3.05, 3.63) is 93.0 Å². The third-order valence-corrected chi connectivity index (χ3v) is 11.8. The number of anilines is 1. The van der Waals surface area contributed by atoms with E-state index in [0.717, 1.165) is 11.0 Å². The fourth-order valence-corrected chi connectivity index (χ4v) is 8.01. The van der Waals surface area contributed by atoms with Crippen LogP contribution in [0.25, 0.3) is 22.3 Å². The molecule has 376 valence electrons. The zero-order valence-corrected chi connectivity index (χ0v) is 38.6. The second kappa shape index (κ2) is 23.4. The number of hydrogen-bond donors (Lipinski definition) is 6. The number of aliphatic hydroxyl groups is 1. The van der Waals surface area contributed by atoms with E-state index in [1.54, 1.807) is 49.4 Å². The van der Waals surface area contributed by atoms with Crippen LogP contribution in [0.4, 0.5) is 10.1 Å². The number of imide groups is 1. The Labute approximate surface area is 406 Å². The van der Waals surface area contributed by atoms with Gasteiger partial charge >= 0.3 is 5.97 Å². The fraction of sp³-hybridized carbons (Fsp3) is 0.417. The first-order valence-corrected chi connectivity index (χ1v) is 22.8. The van der Waals surface area contributed by atoms with E-state index in [2.05, 4.69) is 31.6 Å². The minimum Gasteiger partial charge on any atom is -0.458 e. The van der Waals surface area contributed by atoms with Crippen molar-refractivity contribution >= 4 is 63.9 Å². The van der Waals surface area contributed by atoms with Gasteiger partial charge in [0.05, 0.1) is 101 Å². The van der Waals surface area contributed by atoms with Crippen molar-refractivity contribution in [3.63, 3.8) is 0 Å². The molecule has 1 unspecified atom stereocenters. The Morgan fingerprint density at radius 1 is 0.859 bits per heavy atom. The molecule has 0 aliphatic carbocycles. The summed E-state index contributed by atoms with van der Waals surface area (Å²) >= 11 is 0. The highest BCUT2D eigenvalue weighted by Crippen LogP contribution is 2.39. The number of carbonyl (C=O) groups excluding carboxylic acids is 8. The molecule has 0 saturated carbocycles. The van der Waals surface area contributed by atoms with Gasteiger partial charge in [-0.2, -0.15) is 0 Å². The van der Waals surface area contributed by atoms with Crippen LogP contribution in [0.15, 0.2) is 59.4 Å². The molecular formula is C48H53FN8O14. The maximum Gasteiger partial charge on any atom is 0.343 e. The normalized spacial score (nSPS) is 17.4. The summed E-state index contributed by atoms with van der Waals surface area (Å²) in [5.41, 5.74) is -0.235. The number of cyclic esters (lactones) is 1. The van der Waals surface area contributed by atoms with Crippen LogP contribution >= 0.6 is 0 Å². The van der Waals surface area contributed by atoms with Crippen LogP contribution in [0.1, 0.15) is 56.2 Å². The molecule has 1 fully saturated rings. The van der Waals surface area contributed by atoms with Gasteiger partial charge in [0.1, 0.15) is 18.5 Å². The van der Waals surface area contributed by atoms with Crippen LogP contribution in [0, 0.1) is 5.82 Å². The third-order valence-electron chi connectivity index (χ3n) is 11.8. The standard InChI is InChI=1S/C48H53FN8O14/c1-2-48(67)32-21-37-44-30(26-57(37)46(65)31(32)27-71-47(48)66)19-29-20-35(33(49)22-34(29)55-44)53-41(61)25-52-45(64)36(18-28-6-4-3-5-7-28)54-40(60)24-51-39(59)23-50-38(58)10-12-68-14-16-70-17-15-69-13-11-56-42(62)8-9-43(56)63/h3-7,19-22,36,67H,2,8-18,23-27H2,1H3,(H,50,58)(H,51,59)(H,52,64)(H,53,61)(H,54,60)/t36-,48-/m0/s1/i8T/t8?,36-,48-. The lowest BCUT2D eigenvalue weighted by Gasteiger charge is -2.31. The lowest BCUT2D eigenvalue weighted by Crippen LogP contribution is -2.52. The van der Waals surface area contributed by atoms with Gasteiger partial charge in [0, 0.05) is 49.6 Å². The van der Waals surface area contributed by atoms with E-state index in [1.165, 1.54) is 10.6 Å². The van der Waals surface area contributed by atoms with E-state index in [4.69, 9.17) is 20.3 Å². The SMILES string of the molecule is [3H]C1CC(=O)N(CCOCCOCCOCCC(=O)NCC(=O)NCC(=O)N[C@@H](Cc2ccccc2)C(=O)NCC(=O)Nc2cc3cc4c(nc3cc2F)-c2cc3c(c(=O)n2C4)COC(=O)[C@]3(O)CC)C1=O. The first-order chi connectivity index (χ1) is 34.6. The number of ether oxygens (including phenoxy) is 4. The Kier molecular flexibility index (Phi) is 16.5. The van der Waals surface area contributed by atoms with Crippen molar-refractivity contribution in [1.29, 1.82) is 0 Å². The van der Waals surface area contributed by atoms with Crippen molar-refractivity contribution in [2.45, 2.75) is 63.8 Å². The van der Waals surface area contributed by atoms with Gasteiger partial charge in [-0.25, -0.2) is 14.2 Å². The molecular weight excluding hydrogens is 932 g/mol. The summed E-state index contributed by atoms with van der Waals surface area (Å²) < 4.78 is 45.7. The van der Waals surface area contributed by atoms with Crippen LogP contribution in [-0.2, 0) is 82.5 Å². The van der Waals surface area contributed by atoms with Crippen LogP contribution in [0.2, 0.25) is 0 Å². The first-order valence-electron chi connectivity index (χ1n) is 23.4. The van der Waals surface area contributed by atoms with Gasteiger partial charge in [0.15, 0.2) is 5.60 Å². The number of nitrogens with one attached hydrogen (secondary N) is 5. The third kappa shape index (κ3) is 12.7. The number of likely N-dealkylation sites (tertiary alicyclic amines) is 1. The van der Waals surface area contributed by atoms with Gasteiger partial charge in [0.25, 0.3) is 5.56 Å². The first kappa shape index (κ1) is 49.9. The second-order valence-electron chi connectivity index (χ2n) is 16.6. The summed E-state index contributed by atoms with van der Waals surface area (Å²) in [5.74, 6) is -6.09. The number of nitrogens with zero attached hydrogens (tertiary/aromatic N) is 3. The smallest absolute Gasteiger partial charge is 0.343 e. The Morgan fingerprint density at radius 3 is 2.27 bits per heavy atom. The Hall–Kier alpha value is -7.47. The number of fused-ring (bicyclic) bond motifs is 5. The van der Waals surface area contributed by atoms with Crippen molar-refractivity contribution in [2.24, 2.45) is 0 Å². The van der Waals surface area contributed by atoms with Crippen molar-refractivity contribution < 1.29 is 68.2 Å². The highest BCUT2D eigenvalue weighted by Gasteiger charge is 2.45. The quantitative estimate of drug-likeness (QED) is 0.0266. The molecule has 22 nitrogen and oxygen atoms in total. The zero-order valence-electron chi connectivity index (χ0n) is 39.6. The number of carbonyl (C=O) groups is 8. The minimum absolute atomic E-state index is 0.00891. The van der Waals surface area contributed by atoms with Crippen LogP contribution in [-0.4, -0.2) is 139 Å². The predicted molar refractivity (Wildman–Crippen MR) is 247 cm³/mol. The fourth-order valence-electron chi connectivity index (χ4n) is 8.01. The number of halogens is 1. The molecule has 23 heteroatoms. The summed E-state index contributed by atoms with van der Waals surface area (Å²) in [5, 5.41) is 23.8. The average molecular weight is 987 g/mol. The van der Waals surface area contributed by atoms with Crippen LogP contribution in [0.3, 0.4) is 0 Å². The summed E-state index contributed by atoms with van der Waals surface area (Å²) in [6, 6.07) is 13.2. The Morgan fingerprint density at radius 2 is 1.55 bits per heavy atom. The summed E-state index contributed by atoms with van der Waals surface area (Å²) in [6.07, 6.45) is -1.25. The number of hydrogen-bond acceptors (Lipinski definition) is 15. The second-order valence-corrected chi connectivity index (χ2v) is 16.6. The molecule has 7 rings (SSSR count). The number of rotatable bonds is 24. The maximum absolute atomic E-state index is 15.5. The molecule has 0 radical (unpaired) electrons. The monoisotopic (exact) mass is 986 g/mol. The molecule has 71 heavy (non-hydrogen) atoms. The summed E-state index contributed by atoms with van der Waals surface area (Å²) in [4.78, 5) is 119. The van der Waals surface area contributed by atoms with Crippen molar-refractivity contribution in [1.82, 2.24) is 35.7 Å². The number of benzene rings is 2. The van der Waals surface area contributed by atoms with E-state index >= 15 is 4.39 Å². The number of pyridine rings is 2. The van der Waals surface area contributed by atoms with Crippen molar-refractivity contribution in [3.8, 4) is 11.4 Å². The highest BCUT2D eigenvalue weighted by molar-refractivity contribution is 6.02. The Bertz CT molecular complexity index is 2830. The number of esters is 1. The predicted octanol–water partition coefficient (Wildman–Crippen LogP) is -0.178. The largest absolute Gasteiger partial charge is 0.458 e. The number of amides is 7. The van der Waals surface area contributed by atoms with Gasteiger partial charge in [0.2, 0.25) is 41.4 Å². The van der Waals surface area contributed by atoms with E-state index in [9.17, 15) is 48.3 Å². The molecule has 2 aromatic heterocycles. The van der Waals surface area contributed by atoms with E-state index < -0.39 is 90.5 Å². The molecule has 0 spiro atoms. The topological polar surface area (TPSA) is 292 Å². The van der Waals surface area contributed by atoms with Gasteiger partial charge in [-0.1, -0.05) is 37.3 Å². The van der Waals surface area contributed by atoms with E-state index in [1.807, 2.05) is 0 Å². The van der Waals surface area contributed by atoms with Gasteiger partial charge in [-0.05, 0) is 30.2 Å². The maximum atomic E-state index is 15.5. The lowest BCUT2D eigenvalue weighted by molar-refractivity contribution is -0.172. The van der Waals surface area contributed by atoms with E-state index in [0.29, 0.717) is 27.9 Å². The highest BCUT2D eigenvalue weighted by atomic mass is 19.1. The lowest BCUT2D eigenvalue weighted by atomic mass is 9.86. The molecule has 3 atom stereocenters. The molecule has 3 aliphatic heterocycles. The summed E-state index contributed by atoms with van der Waals surface area (Å²) in [6.45, 7) is 0.848. The summed E-state index contributed by atoms with van der Waals surface area (Å²) in [7, 11) is 0. The van der Waals surface area contributed by atoms with Crippen molar-refractivity contribution in [2.75, 3.05) is 71.1 Å². The Balaban J connectivity index is 0.824. The molecule has 0 bridgehead atoms. The molecule has 6 N–H and O–H groups in total. The molecule has 4 aromatic rings. The number of aromatic nitrogens is 2. The molecule has 5 heterocycles. The molecule has 7 amide bonds.